The summed E-state index contributed by atoms with van der Waals surface area (Å²) in [6, 6.07) is 12.1. The molecule has 28 heavy (non-hydrogen) atoms. The smallest absolute Gasteiger partial charge is 0.261 e. The van der Waals surface area contributed by atoms with Crippen LogP contribution >= 0.6 is 0 Å². The third-order valence-electron chi connectivity index (χ3n) is 6.18. The minimum absolute atomic E-state index is 0.124. The number of benzene rings is 1. The Morgan fingerprint density at radius 2 is 1.86 bits per heavy atom. The number of fused-ring (bicyclic) bond motifs is 1. The molecule has 3 heterocycles. The number of aromatic nitrogens is 4. The SMILES string of the molecule is O=c1c2ccccc2nc(C2CCCN2Cc2cccnn2)n1C1CCCC1. The van der Waals surface area contributed by atoms with Gasteiger partial charge in [0.15, 0.2) is 0 Å². The van der Waals surface area contributed by atoms with E-state index >= 15 is 0 Å². The van der Waals surface area contributed by atoms with Crippen LogP contribution in [0, 0.1) is 0 Å². The summed E-state index contributed by atoms with van der Waals surface area (Å²) in [6.45, 7) is 1.74. The van der Waals surface area contributed by atoms with Crippen LogP contribution in [0.2, 0.25) is 0 Å². The minimum atomic E-state index is 0.124. The van der Waals surface area contributed by atoms with Gasteiger partial charge in [0, 0.05) is 18.8 Å². The quantitative estimate of drug-likeness (QED) is 0.697. The molecule has 1 atom stereocenters. The molecule has 1 saturated carbocycles. The Hall–Kier alpha value is -2.60. The molecule has 2 aromatic heterocycles. The van der Waals surface area contributed by atoms with Gasteiger partial charge in [-0.05, 0) is 56.5 Å². The average molecular weight is 375 g/mol. The predicted octanol–water partition coefficient (Wildman–Crippen LogP) is 3.64. The van der Waals surface area contributed by atoms with E-state index in [4.69, 9.17) is 4.98 Å². The van der Waals surface area contributed by atoms with Crippen LogP contribution in [-0.2, 0) is 6.54 Å². The molecule has 0 N–H and O–H groups in total. The molecular formula is C22H25N5O. The maximum Gasteiger partial charge on any atom is 0.261 e. The lowest BCUT2D eigenvalue weighted by atomic mass is 10.1. The van der Waals surface area contributed by atoms with Crippen molar-refractivity contribution >= 4 is 10.9 Å². The normalized spacial score (nSPS) is 20.9. The summed E-state index contributed by atoms with van der Waals surface area (Å²) in [7, 11) is 0. The van der Waals surface area contributed by atoms with E-state index in [1.165, 1.54) is 12.8 Å². The zero-order chi connectivity index (χ0) is 18.9. The fourth-order valence-corrected chi connectivity index (χ4v) is 4.85. The number of para-hydroxylation sites is 1. The highest BCUT2D eigenvalue weighted by atomic mass is 16.1. The van der Waals surface area contributed by atoms with Gasteiger partial charge in [-0.3, -0.25) is 14.3 Å². The number of hydrogen-bond donors (Lipinski definition) is 0. The van der Waals surface area contributed by atoms with Crippen LogP contribution in [0.15, 0.2) is 47.4 Å². The third kappa shape index (κ3) is 3.11. The van der Waals surface area contributed by atoms with Crippen molar-refractivity contribution in [1.82, 2.24) is 24.6 Å². The lowest BCUT2D eigenvalue weighted by molar-refractivity contribution is 0.225. The van der Waals surface area contributed by atoms with Crippen LogP contribution < -0.4 is 5.56 Å². The maximum absolute atomic E-state index is 13.4. The fraction of sp³-hybridized carbons (Fsp3) is 0.455. The van der Waals surface area contributed by atoms with Gasteiger partial charge in [0.05, 0.1) is 22.6 Å². The van der Waals surface area contributed by atoms with E-state index in [0.717, 1.165) is 61.2 Å². The minimum Gasteiger partial charge on any atom is -0.292 e. The Labute approximate surface area is 164 Å². The first-order valence-electron chi connectivity index (χ1n) is 10.3. The van der Waals surface area contributed by atoms with Gasteiger partial charge in [0.25, 0.3) is 5.56 Å². The molecule has 144 valence electrons. The van der Waals surface area contributed by atoms with Crippen molar-refractivity contribution in [1.29, 1.82) is 0 Å². The molecule has 2 aliphatic rings. The highest BCUT2D eigenvalue weighted by molar-refractivity contribution is 5.77. The van der Waals surface area contributed by atoms with Crippen molar-refractivity contribution in [2.24, 2.45) is 0 Å². The molecule has 6 heteroatoms. The van der Waals surface area contributed by atoms with Crippen LogP contribution in [0.5, 0.6) is 0 Å². The zero-order valence-electron chi connectivity index (χ0n) is 16.0. The first-order valence-corrected chi connectivity index (χ1v) is 10.3. The van der Waals surface area contributed by atoms with Crippen LogP contribution in [0.3, 0.4) is 0 Å². The summed E-state index contributed by atoms with van der Waals surface area (Å²) in [5.41, 5.74) is 1.90. The number of nitrogens with zero attached hydrogens (tertiary/aromatic N) is 5. The molecule has 1 aromatic carbocycles. The molecule has 1 unspecified atom stereocenters. The van der Waals surface area contributed by atoms with Gasteiger partial charge in [0.1, 0.15) is 5.82 Å². The third-order valence-corrected chi connectivity index (χ3v) is 6.18. The molecular weight excluding hydrogens is 350 g/mol. The van der Waals surface area contributed by atoms with E-state index in [2.05, 4.69) is 15.1 Å². The molecule has 2 fully saturated rings. The first kappa shape index (κ1) is 17.5. The standard InChI is InChI=1S/C22H25N5O/c28-22-18-10-3-4-11-19(18)24-21(27(22)17-8-1-2-9-17)20-12-6-14-26(20)15-16-7-5-13-23-25-16/h3-5,7,10-11,13,17,20H,1-2,6,8-9,12,14-15H2. The van der Waals surface area contributed by atoms with Crippen molar-refractivity contribution < 1.29 is 0 Å². The Morgan fingerprint density at radius 3 is 2.68 bits per heavy atom. The maximum atomic E-state index is 13.4. The Bertz CT molecular complexity index is 1030. The second kappa shape index (κ2) is 7.43. The highest BCUT2D eigenvalue weighted by Crippen LogP contribution is 2.36. The van der Waals surface area contributed by atoms with Gasteiger partial charge in [0.2, 0.25) is 0 Å². The van der Waals surface area contributed by atoms with Gasteiger partial charge in [-0.2, -0.15) is 10.2 Å². The Morgan fingerprint density at radius 1 is 1.00 bits per heavy atom. The second-order valence-corrected chi connectivity index (χ2v) is 7.94. The number of likely N-dealkylation sites (tertiary alicyclic amines) is 1. The number of hydrogen-bond acceptors (Lipinski definition) is 5. The van der Waals surface area contributed by atoms with Gasteiger partial charge in [-0.15, -0.1) is 0 Å². The van der Waals surface area contributed by atoms with E-state index < -0.39 is 0 Å². The molecule has 0 radical (unpaired) electrons. The Kier molecular flexibility index (Phi) is 4.64. The molecule has 5 rings (SSSR count). The topological polar surface area (TPSA) is 63.9 Å². The van der Waals surface area contributed by atoms with Crippen molar-refractivity contribution in [3.63, 3.8) is 0 Å². The Balaban J connectivity index is 1.60. The summed E-state index contributed by atoms with van der Waals surface area (Å²) < 4.78 is 2.04. The predicted molar refractivity (Wildman–Crippen MR) is 108 cm³/mol. The fourth-order valence-electron chi connectivity index (χ4n) is 4.85. The summed E-state index contributed by atoms with van der Waals surface area (Å²) >= 11 is 0. The van der Waals surface area contributed by atoms with Crippen molar-refractivity contribution in [3.8, 4) is 0 Å². The highest BCUT2D eigenvalue weighted by Gasteiger charge is 2.33. The van der Waals surface area contributed by atoms with E-state index in [-0.39, 0.29) is 17.6 Å². The van der Waals surface area contributed by atoms with Gasteiger partial charge < -0.3 is 0 Å². The molecule has 1 aliphatic carbocycles. The average Bonchev–Trinajstić information content (AvgIpc) is 3.41. The largest absolute Gasteiger partial charge is 0.292 e. The van der Waals surface area contributed by atoms with Crippen LogP contribution in [0.25, 0.3) is 10.9 Å². The second-order valence-electron chi connectivity index (χ2n) is 7.94. The van der Waals surface area contributed by atoms with Crippen molar-refractivity contribution in [2.45, 2.75) is 57.2 Å². The zero-order valence-corrected chi connectivity index (χ0v) is 16.0. The lowest BCUT2D eigenvalue weighted by Gasteiger charge is -2.28. The van der Waals surface area contributed by atoms with Crippen molar-refractivity contribution in [2.75, 3.05) is 6.54 Å². The molecule has 1 aliphatic heterocycles. The molecule has 0 bridgehead atoms. The van der Waals surface area contributed by atoms with Gasteiger partial charge >= 0.3 is 0 Å². The number of rotatable bonds is 4. The van der Waals surface area contributed by atoms with E-state index in [0.29, 0.717) is 0 Å². The van der Waals surface area contributed by atoms with Crippen molar-refractivity contribution in [3.05, 3.63) is 64.5 Å². The lowest BCUT2D eigenvalue weighted by Crippen LogP contribution is -2.34. The van der Waals surface area contributed by atoms with E-state index in [9.17, 15) is 4.79 Å². The summed E-state index contributed by atoms with van der Waals surface area (Å²) in [4.78, 5) is 20.9. The van der Waals surface area contributed by atoms with Crippen LogP contribution in [0.4, 0.5) is 0 Å². The van der Waals surface area contributed by atoms with Crippen LogP contribution in [-0.4, -0.2) is 31.2 Å². The molecule has 1 saturated heterocycles. The molecule has 0 amide bonds. The summed E-state index contributed by atoms with van der Waals surface area (Å²) in [6.07, 6.45) is 8.37. The van der Waals surface area contributed by atoms with Crippen LogP contribution in [0.1, 0.15) is 62.1 Å². The molecule has 0 spiro atoms. The van der Waals surface area contributed by atoms with Gasteiger partial charge in [-0.25, -0.2) is 4.98 Å². The van der Waals surface area contributed by atoms with E-state index in [1.807, 2.05) is 41.0 Å². The summed E-state index contributed by atoms with van der Waals surface area (Å²) in [5.74, 6) is 0.942. The summed E-state index contributed by atoms with van der Waals surface area (Å²) in [5, 5.41) is 9.00. The first-order chi connectivity index (χ1) is 13.8. The van der Waals surface area contributed by atoms with E-state index in [1.54, 1.807) is 6.20 Å². The molecule has 3 aromatic rings. The monoisotopic (exact) mass is 375 g/mol. The van der Waals surface area contributed by atoms with Gasteiger partial charge in [-0.1, -0.05) is 25.0 Å². The molecule has 6 nitrogen and oxygen atoms in total.